The molecule has 6 nitrogen and oxygen atoms in total. The number of likely N-dealkylation sites (N-methyl/N-ethyl adjacent to an activating group) is 2. The highest BCUT2D eigenvalue weighted by Crippen LogP contribution is 2.05. The van der Waals surface area contributed by atoms with E-state index in [1.807, 2.05) is 0 Å². The molecule has 106 valence electrons. The highest BCUT2D eigenvalue weighted by Gasteiger charge is 2.17. The van der Waals surface area contributed by atoms with Gasteiger partial charge in [-0.05, 0) is 19.2 Å². The number of amides is 1. The van der Waals surface area contributed by atoms with Crippen LogP contribution in [0.3, 0.4) is 0 Å². The average Bonchev–Trinajstić information content (AvgIpc) is 2.81. The number of hydrogen-bond acceptors (Lipinski definition) is 4. The molecule has 0 aromatic carbocycles. The van der Waals surface area contributed by atoms with Crippen molar-refractivity contribution in [2.75, 3.05) is 27.2 Å². The number of carboxylic acids is 1. The summed E-state index contributed by atoms with van der Waals surface area (Å²) in [7, 11) is 3.43. The van der Waals surface area contributed by atoms with Crippen LogP contribution in [0.5, 0.6) is 0 Å². The zero-order valence-electron chi connectivity index (χ0n) is 11.5. The van der Waals surface area contributed by atoms with Gasteiger partial charge >= 0.3 is 5.97 Å². The molecule has 0 spiro atoms. The molecule has 1 aromatic heterocycles. The fourth-order valence-electron chi connectivity index (χ4n) is 1.69. The Labute approximate surface area is 112 Å². The van der Waals surface area contributed by atoms with Gasteiger partial charge < -0.3 is 14.4 Å². The van der Waals surface area contributed by atoms with Crippen LogP contribution >= 0.6 is 0 Å². The Balaban J connectivity index is 2.39. The van der Waals surface area contributed by atoms with E-state index in [-0.39, 0.29) is 12.5 Å². The monoisotopic (exact) mass is 268 g/mol. The molecule has 19 heavy (non-hydrogen) atoms. The normalized spacial score (nSPS) is 12.4. The summed E-state index contributed by atoms with van der Waals surface area (Å²) < 4.78 is 5.17. The van der Waals surface area contributed by atoms with Gasteiger partial charge in [-0.3, -0.25) is 14.5 Å². The van der Waals surface area contributed by atoms with Gasteiger partial charge in [-0.1, -0.05) is 6.92 Å². The fourth-order valence-corrected chi connectivity index (χ4v) is 1.69. The van der Waals surface area contributed by atoms with Gasteiger partial charge in [0.05, 0.1) is 25.3 Å². The smallest absolute Gasteiger partial charge is 0.307 e. The summed E-state index contributed by atoms with van der Waals surface area (Å²) in [5.41, 5.74) is 0. The molecule has 0 radical (unpaired) electrons. The van der Waals surface area contributed by atoms with Crippen LogP contribution < -0.4 is 0 Å². The minimum Gasteiger partial charge on any atom is -0.481 e. The second-order valence-corrected chi connectivity index (χ2v) is 4.77. The van der Waals surface area contributed by atoms with Crippen molar-refractivity contribution in [1.82, 2.24) is 9.80 Å². The van der Waals surface area contributed by atoms with Crippen molar-refractivity contribution in [2.24, 2.45) is 5.92 Å². The molecule has 0 aliphatic rings. The van der Waals surface area contributed by atoms with E-state index in [1.54, 1.807) is 49.2 Å². The van der Waals surface area contributed by atoms with E-state index in [9.17, 15) is 9.59 Å². The first kappa shape index (κ1) is 15.2. The molecule has 0 aliphatic carbocycles. The molecule has 1 N–H and O–H groups in total. The lowest BCUT2D eigenvalue weighted by molar-refractivity contribution is -0.142. The Morgan fingerprint density at radius 1 is 1.42 bits per heavy atom. The molecule has 0 bridgehead atoms. The second kappa shape index (κ2) is 6.94. The number of hydrogen-bond donors (Lipinski definition) is 1. The highest BCUT2D eigenvalue weighted by atomic mass is 16.4. The Bertz CT molecular complexity index is 416. The van der Waals surface area contributed by atoms with E-state index in [1.165, 1.54) is 0 Å². The maximum atomic E-state index is 11.9. The van der Waals surface area contributed by atoms with E-state index in [0.717, 1.165) is 5.76 Å². The summed E-state index contributed by atoms with van der Waals surface area (Å²) in [5.74, 6) is -0.703. The summed E-state index contributed by atoms with van der Waals surface area (Å²) in [4.78, 5) is 25.9. The van der Waals surface area contributed by atoms with Crippen LogP contribution in [0.25, 0.3) is 0 Å². The molecule has 6 heteroatoms. The molecule has 1 heterocycles. The first-order chi connectivity index (χ1) is 8.90. The summed E-state index contributed by atoms with van der Waals surface area (Å²) in [6, 6.07) is 3.58. The second-order valence-electron chi connectivity index (χ2n) is 4.77. The lowest BCUT2D eigenvalue weighted by atomic mass is 10.2. The van der Waals surface area contributed by atoms with Crippen LogP contribution in [-0.4, -0.2) is 54.0 Å². The minimum atomic E-state index is -0.858. The zero-order valence-corrected chi connectivity index (χ0v) is 11.5. The summed E-state index contributed by atoms with van der Waals surface area (Å²) in [6.07, 6.45) is 1.56. The maximum absolute atomic E-state index is 11.9. The van der Waals surface area contributed by atoms with E-state index < -0.39 is 11.9 Å². The van der Waals surface area contributed by atoms with Crippen molar-refractivity contribution in [3.8, 4) is 0 Å². The lowest BCUT2D eigenvalue weighted by Crippen LogP contribution is -2.38. The molecule has 0 saturated heterocycles. The number of carboxylic acid groups (broad SMARTS) is 1. The van der Waals surface area contributed by atoms with Crippen LogP contribution in [0.1, 0.15) is 12.7 Å². The molecule has 0 aliphatic heterocycles. The van der Waals surface area contributed by atoms with Crippen LogP contribution in [0.4, 0.5) is 0 Å². The van der Waals surface area contributed by atoms with E-state index in [0.29, 0.717) is 13.1 Å². The number of carbonyl (C=O) groups excluding carboxylic acids is 1. The van der Waals surface area contributed by atoms with Gasteiger partial charge in [-0.15, -0.1) is 0 Å². The third-order valence-corrected chi connectivity index (χ3v) is 2.81. The SMILES string of the molecule is CC(CN(C)CC(=O)N(C)Cc1ccco1)C(=O)O. The van der Waals surface area contributed by atoms with Crippen LogP contribution in [0, 0.1) is 5.92 Å². The van der Waals surface area contributed by atoms with E-state index >= 15 is 0 Å². The van der Waals surface area contributed by atoms with Crippen LogP contribution in [-0.2, 0) is 16.1 Å². The fraction of sp³-hybridized carbons (Fsp3) is 0.538. The standard InChI is InChI=1S/C13H20N2O4/c1-10(13(17)18)7-14(2)9-12(16)15(3)8-11-5-4-6-19-11/h4-6,10H,7-9H2,1-3H3,(H,17,18). The Morgan fingerprint density at radius 2 is 2.11 bits per heavy atom. The number of carbonyl (C=O) groups is 2. The third kappa shape index (κ3) is 5.13. The topological polar surface area (TPSA) is 74.0 Å². The summed E-state index contributed by atoms with van der Waals surface area (Å²) in [6.45, 7) is 2.56. The van der Waals surface area contributed by atoms with Crippen molar-refractivity contribution < 1.29 is 19.1 Å². The number of rotatable bonds is 7. The number of nitrogens with zero attached hydrogens (tertiary/aromatic N) is 2. The largest absolute Gasteiger partial charge is 0.481 e. The first-order valence-corrected chi connectivity index (χ1v) is 6.08. The lowest BCUT2D eigenvalue weighted by Gasteiger charge is -2.22. The minimum absolute atomic E-state index is 0.0727. The molecule has 1 unspecified atom stereocenters. The molecule has 1 amide bonds. The molecule has 1 atom stereocenters. The van der Waals surface area contributed by atoms with Crippen molar-refractivity contribution in [3.63, 3.8) is 0 Å². The summed E-state index contributed by atoms with van der Waals surface area (Å²) in [5, 5.41) is 8.81. The first-order valence-electron chi connectivity index (χ1n) is 6.08. The van der Waals surface area contributed by atoms with Gasteiger partial charge in [0, 0.05) is 13.6 Å². The van der Waals surface area contributed by atoms with Gasteiger partial charge in [0.25, 0.3) is 0 Å². The number of furan rings is 1. The van der Waals surface area contributed by atoms with Crippen molar-refractivity contribution in [3.05, 3.63) is 24.2 Å². The van der Waals surface area contributed by atoms with Crippen molar-refractivity contribution >= 4 is 11.9 Å². The molecule has 0 saturated carbocycles. The van der Waals surface area contributed by atoms with Crippen LogP contribution in [0.2, 0.25) is 0 Å². The zero-order chi connectivity index (χ0) is 14.4. The highest BCUT2D eigenvalue weighted by molar-refractivity contribution is 5.78. The third-order valence-electron chi connectivity index (χ3n) is 2.81. The molecular formula is C13H20N2O4. The molecule has 1 rings (SSSR count). The summed E-state index contributed by atoms with van der Waals surface area (Å²) >= 11 is 0. The van der Waals surface area contributed by atoms with Gasteiger partial charge in [0.15, 0.2) is 0 Å². The average molecular weight is 268 g/mol. The van der Waals surface area contributed by atoms with Crippen molar-refractivity contribution in [1.29, 1.82) is 0 Å². The Morgan fingerprint density at radius 3 is 2.63 bits per heavy atom. The quantitative estimate of drug-likeness (QED) is 0.795. The van der Waals surface area contributed by atoms with Gasteiger partial charge in [-0.2, -0.15) is 0 Å². The van der Waals surface area contributed by atoms with Gasteiger partial charge in [0.1, 0.15) is 5.76 Å². The predicted molar refractivity (Wildman–Crippen MR) is 69.5 cm³/mol. The predicted octanol–water partition coefficient (Wildman–Crippen LogP) is 0.890. The van der Waals surface area contributed by atoms with E-state index in [4.69, 9.17) is 9.52 Å². The molecular weight excluding hydrogens is 248 g/mol. The van der Waals surface area contributed by atoms with Gasteiger partial charge in [-0.25, -0.2) is 0 Å². The Hall–Kier alpha value is -1.82. The van der Waals surface area contributed by atoms with Crippen molar-refractivity contribution in [2.45, 2.75) is 13.5 Å². The maximum Gasteiger partial charge on any atom is 0.307 e. The molecule has 0 fully saturated rings. The Kier molecular flexibility index (Phi) is 5.57. The van der Waals surface area contributed by atoms with Gasteiger partial charge in [0.2, 0.25) is 5.91 Å². The van der Waals surface area contributed by atoms with E-state index in [2.05, 4.69) is 0 Å². The molecule has 1 aromatic rings. The van der Waals surface area contributed by atoms with Crippen LogP contribution in [0.15, 0.2) is 22.8 Å². The number of aliphatic carboxylic acids is 1.